The van der Waals surface area contributed by atoms with Crippen molar-refractivity contribution in [3.8, 4) is 0 Å². The molecule has 1 amide bonds. The van der Waals surface area contributed by atoms with Crippen molar-refractivity contribution in [3.05, 3.63) is 41.4 Å². The molecule has 0 saturated carbocycles. The molecule has 1 heterocycles. The van der Waals surface area contributed by atoms with Crippen LogP contribution in [0.3, 0.4) is 0 Å². The van der Waals surface area contributed by atoms with Gasteiger partial charge >= 0.3 is 0 Å². The molecule has 6 heteroatoms. The lowest BCUT2D eigenvalue weighted by atomic mass is 10.2. The highest BCUT2D eigenvalue weighted by atomic mass is 35.5. The number of amides is 1. The van der Waals surface area contributed by atoms with Crippen molar-refractivity contribution in [2.24, 2.45) is 0 Å². The SMILES string of the molecule is Cc1ccc(Cl)cc1NC(=O)C[C@H](C)n1cncn1. The summed E-state index contributed by atoms with van der Waals surface area (Å²) in [5, 5.41) is 7.47. The number of aryl methyl sites for hydroxylation is 1. The fourth-order valence-electron chi connectivity index (χ4n) is 1.74. The number of halogens is 1. The molecule has 1 aromatic heterocycles. The maximum atomic E-state index is 12.0. The second-order valence-electron chi connectivity index (χ2n) is 4.44. The molecule has 0 unspecified atom stereocenters. The minimum Gasteiger partial charge on any atom is -0.326 e. The normalized spacial score (nSPS) is 12.2. The number of benzene rings is 1. The number of carbonyl (C=O) groups excluding carboxylic acids is 1. The minimum atomic E-state index is -0.0756. The molecule has 19 heavy (non-hydrogen) atoms. The van der Waals surface area contributed by atoms with Crippen LogP contribution in [0.1, 0.15) is 24.9 Å². The van der Waals surface area contributed by atoms with E-state index >= 15 is 0 Å². The number of rotatable bonds is 4. The Hall–Kier alpha value is -1.88. The molecule has 0 fully saturated rings. The molecular formula is C13H15ClN4O. The van der Waals surface area contributed by atoms with Crippen molar-refractivity contribution in [2.45, 2.75) is 26.3 Å². The number of nitrogens with one attached hydrogen (secondary N) is 1. The first-order valence-electron chi connectivity index (χ1n) is 5.96. The fraction of sp³-hybridized carbons (Fsp3) is 0.308. The van der Waals surface area contributed by atoms with Crippen LogP contribution < -0.4 is 5.32 Å². The molecule has 0 aliphatic heterocycles. The molecule has 1 N–H and O–H groups in total. The second kappa shape index (κ2) is 5.84. The first-order valence-corrected chi connectivity index (χ1v) is 6.34. The van der Waals surface area contributed by atoms with E-state index in [-0.39, 0.29) is 11.9 Å². The first kappa shape index (κ1) is 13.5. The summed E-state index contributed by atoms with van der Waals surface area (Å²) in [6.07, 6.45) is 3.38. The molecule has 2 aromatic rings. The van der Waals surface area contributed by atoms with Gasteiger partial charge in [-0.1, -0.05) is 17.7 Å². The zero-order valence-corrected chi connectivity index (χ0v) is 11.6. The van der Waals surface area contributed by atoms with E-state index in [1.807, 2.05) is 19.9 Å². The topological polar surface area (TPSA) is 59.8 Å². The van der Waals surface area contributed by atoms with Crippen LogP contribution >= 0.6 is 11.6 Å². The standard InChI is InChI=1S/C13H15ClN4O/c1-9-3-4-11(14)6-12(9)17-13(19)5-10(2)18-8-15-7-16-18/h3-4,6-8,10H,5H2,1-2H3,(H,17,19)/t10-/m0/s1. The van der Waals surface area contributed by atoms with Crippen molar-refractivity contribution >= 4 is 23.2 Å². The van der Waals surface area contributed by atoms with Gasteiger partial charge in [0.1, 0.15) is 12.7 Å². The van der Waals surface area contributed by atoms with E-state index < -0.39 is 0 Å². The predicted octanol–water partition coefficient (Wildman–Crippen LogP) is 2.83. The average molecular weight is 279 g/mol. The van der Waals surface area contributed by atoms with E-state index in [4.69, 9.17) is 11.6 Å². The summed E-state index contributed by atoms with van der Waals surface area (Å²) in [7, 11) is 0. The summed E-state index contributed by atoms with van der Waals surface area (Å²) in [6.45, 7) is 3.84. The first-order chi connectivity index (χ1) is 9.06. The van der Waals surface area contributed by atoms with Crippen LogP contribution in [-0.2, 0) is 4.79 Å². The van der Waals surface area contributed by atoms with Gasteiger partial charge in [-0.05, 0) is 31.5 Å². The Labute approximate surface area is 116 Å². The van der Waals surface area contributed by atoms with Gasteiger partial charge in [0.2, 0.25) is 5.91 Å². The molecule has 0 spiro atoms. The van der Waals surface area contributed by atoms with Crippen LogP contribution in [0.4, 0.5) is 5.69 Å². The number of carbonyl (C=O) groups is 1. The van der Waals surface area contributed by atoms with Crippen LogP contribution in [0.5, 0.6) is 0 Å². The molecule has 0 radical (unpaired) electrons. The Morgan fingerprint density at radius 1 is 1.53 bits per heavy atom. The Balaban J connectivity index is 1.99. The zero-order valence-electron chi connectivity index (χ0n) is 10.8. The van der Waals surface area contributed by atoms with Crippen LogP contribution in [0, 0.1) is 6.92 Å². The second-order valence-corrected chi connectivity index (χ2v) is 4.87. The lowest BCUT2D eigenvalue weighted by molar-refractivity contribution is -0.116. The lowest BCUT2D eigenvalue weighted by Gasteiger charge is -2.13. The molecule has 1 aromatic carbocycles. The van der Waals surface area contributed by atoms with Gasteiger partial charge in [0.25, 0.3) is 0 Å². The van der Waals surface area contributed by atoms with Crippen LogP contribution in [0.2, 0.25) is 5.02 Å². The van der Waals surface area contributed by atoms with E-state index in [0.717, 1.165) is 11.3 Å². The third kappa shape index (κ3) is 3.54. The number of anilines is 1. The van der Waals surface area contributed by atoms with E-state index in [1.54, 1.807) is 23.1 Å². The monoisotopic (exact) mass is 278 g/mol. The molecule has 5 nitrogen and oxygen atoms in total. The van der Waals surface area contributed by atoms with Crippen molar-refractivity contribution in [3.63, 3.8) is 0 Å². The van der Waals surface area contributed by atoms with Gasteiger partial charge in [-0.15, -0.1) is 0 Å². The molecule has 0 aliphatic rings. The Morgan fingerprint density at radius 3 is 3.00 bits per heavy atom. The highest BCUT2D eigenvalue weighted by Gasteiger charge is 2.12. The van der Waals surface area contributed by atoms with E-state index in [1.165, 1.54) is 6.33 Å². The molecule has 100 valence electrons. The van der Waals surface area contributed by atoms with Crippen molar-refractivity contribution in [1.29, 1.82) is 0 Å². The Morgan fingerprint density at radius 2 is 2.32 bits per heavy atom. The zero-order chi connectivity index (χ0) is 13.8. The maximum Gasteiger partial charge on any atom is 0.226 e. The third-order valence-electron chi connectivity index (χ3n) is 2.84. The smallest absolute Gasteiger partial charge is 0.226 e. The number of nitrogens with zero attached hydrogens (tertiary/aromatic N) is 3. The molecule has 0 aliphatic carbocycles. The third-order valence-corrected chi connectivity index (χ3v) is 3.08. The van der Waals surface area contributed by atoms with Gasteiger partial charge in [-0.3, -0.25) is 4.79 Å². The van der Waals surface area contributed by atoms with Crippen molar-refractivity contribution in [2.75, 3.05) is 5.32 Å². The summed E-state index contributed by atoms with van der Waals surface area (Å²) in [5.74, 6) is -0.0756. The summed E-state index contributed by atoms with van der Waals surface area (Å²) in [4.78, 5) is 15.8. The Bertz CT molecular complexity index is 568. The van der Waals surface area contributed by atoms with E-state index in [9.17, 15) is 4.79 Å². The lowest BCUT2D eigenvalue weighted by Crippen LogP contribution is -2.18. The van der Waals surface area contributed by atoms with Crippen LogP contribution in [-0.4, -0.2) is 20.7 Å². The molecule has 0 saturated heterocycles. The highest BCUT2D eigenvalue weighted by molar-refractivity contribution is 6.31. The van der Waals surface area contributed by atoms with Gasteiger partial charge in [-0.25, -0.2) is 9.67 Å². The predicted molar refractivity (Wildman–Crippen MR) is 74.2 cm³/mol. The average Bonchev–Trinajstić information content (AvgIpc) is 2.87. The maximum absolute atomic E-state index is 12.0. The summed E-state index contributed by atoms with van der Waals surface area (Å²) in [6, 6.07) is 5.38. The van der Waals surface area contributed by atoms with Crippen LogP contribution in [0.25, 0.3) is 0 Å². The van der Waals surface area contributed by atoms with Gasteiger partial charge in [0.05, 0.1) is 6.04 Å². The summed E-state index contributed by atoms with van der Waals surface area (Å²) in [5.41, 5.74) is 1.72. The van der Waals surface area contributed by atoms with Gasteiger partial charge < -0.3 is 5.32 Å². The Kier molecular flexibility index (Phi) is 4.16. The quantitative estimate of drug-likeness (QED) is 0.935. The van der Waals surface area contributed by atoms with Crippen molar-refractivity contribution < 1.29 is 4.79 Å². The van der Waals surface area contributed by atoms with Crippen LogP contribution in [0.15, 0.2) is 30.9 Å². The molecule has 2 rings (SSSR count). The molecular weight excluding hydrogens is 264 g/mol. The summed E-state index contributed by atoms with van der Waals surface area (Å²) < 4.78 is 1.66. The molecule has 1 atom stereocenters. The van der Waals surface area contributed by atoms with E-state index in [2.05, 4.69) is 15.4 Å². The summed E-state index contributed by atoms with van der Waals surface area (Å²) >= 11 is 5.91. The molecule has 0 bridgehead atoms. The number of hydrogen-bond donors (Lipinski definition) is 1. The number of aromatic nitrogens is 3. The van der Waals surface area contributed by atoms with Gasteiger partial charge in [0, 0.05) is 17.1 Å². The minimum absolute atomic E-state index is 0.0398. The van der Waals surface area contributed by atoms with Gasteiger partial charge in [0.15, 0.2) is 0 Å². The largest absolute Gasteiger partial charge is 0.326 e. The fourth-order valence-corrected chi connectivity index (χ4v) is 1.91. The van der Waals surface area contributed by atoms with Gasteiger partial charge in [-0.2, -0.15) is 5.10 Å². The number of hydrogen-bond acceptors (Lipinski definition) is 3. The highest BCUT2D eigenvalue weighted by Crippen LogP contribution is 2.21. The van der Waals surface area contributed by atoms with Crippen molar-refractivity contribution in [1.82, 2.24) is 14.8 Å². The van der Waals surface area contributed by atoms with E-state index in [0.29, 0.717) is 11.4 Å².